The van der Waals surface area contributed by atoms with Gasteiger partial charge < -0.3 is 10.0 Å². The Kier molecular flexibility index (Phi) is 4.44. The predicted molar refractivity (Wildman–Crippen MR) is 74.9 cm³/mol. The number of nitrogens with zero attached hydrogens (tertiary/aromatic N) is 2. The van der Waals surface area contributed by atoms with Crippen LogP contribution in [0, 0.1) is 6.92 Å². The molecule has 1 aromatic heterocycles. The minimum absolute atomic E-state index is 0.148. The smallest absolute Gasteiger partial charge is 0.249 e. The van der Waals surface area contributed by atoms with Crippen LogP contribution >= 0.6 is 11.3 Å². The lowest BCUT2D eigenvalue weighted by Crippen LogP contribution is -2.26. The molecule has 2 rings (SSSR count). The van der Waals surface area contributed by atoms with Crippen molar-refractivity contribution in [2.24, 2.45) is 5.14 Å². The second kappa shape index (κ2) is 5.74. The van der Waals surface area contributed by atoms with Crippen molar-refractivity contribution in [1.29, 1.82) is 0 Å². The highest BCUT2D eigenvalue weighted by atomic mass is 32.2. The molecule has 108 valence electrons. The summed E-state index contributed by atoms with van der Waals surface area (Å²) in [4.78, 5) is 6.48. The van der Waals surface area contributed by atoms with Gasteiger partial charge in [0.2, 0.25) is 10.0 Å². The molecule has 0 radical (unpaired) electrons. The third-order valence-electron chi connectivity index (χ3n) is 3.04. The van der Waals surface area contributed by atoms with E-state index in [9.17, 15) is 8.42 Å². The number of anilines is 1. The lowest BCUT2D eigenvalue weighted by atomic mass is 10.3. The highest BCUT2D eigenvalue weighted by Crippen LogP contribution is 2.36. The van der Waals surface area contributed by atoms with Crippen molar-refractivity contribution in [2.45, 2.75) is 42.9 Å². The zero-order valence-electron chi connectivity index (χ0n) is 10.9. The van der Waals surface area contributed by atoms with Gasteiger partial charge in [0.25, 0.3) is 0 Å². The molecule has 0 amide bonds. The SMILES string of the molecule is Cc1nc(N(CCCCO)C2CC2)sc1S(N)(=O)=O. The van der Waals surface area contributed by atoms with Crippen molar-refractivity contribution in [3.63, 3.8) is 0 Å². The minimum Gasteiger partial charge on any atom is -0.396 e. The Morgan fingerprint density at radius 3 is 2.63 bits per heavy atom. The topological polar surface area (TPSA) is 96.5 Å². The van der Waals surface area contributed by atoms with Crippen LogP contribution in [0.3, 0.4) is 0 Å². The first kappa shape index (κ1) is 14.7. The molecule has 0 bridgehead atoms. The van der Waals surface area contributed by atoms with E-state index in [0.29, 0.717) is 11.7 Å². The van der Waals surface area contributed by atoms with Crippen LogP contribution in [0.2, 0.25) is 0 Å². The van der Waals surface area contributed by atoms with Gasteiger partial charge in [-0.25, -0.2) is 18.5 Å². The van der Waals surface area contributed by atoms with Crippen molar-refractivity contribution < 1.29 is 13.5 Å². The maximum Gasteiger partial charge on any atom is 0.249 e. The summed E-state index contributed by atoms with van der Waals surface area (Å²) < 4.78 is 23.0. The van der Waals surface area contributed by atoms with Gasteiger partial charge in [0.05, 0.1) is 5.69 Å². The van der Waals surface area contributed by atoms with Crippen LogP contribution < -0.4 is 10.0 Å². The first-order valence-corrected chi connectivity index (χ1v) is 8.67. The maximum atomic E-state index is 11.4. The summed E-state index contributed by atoms with van der Waals surface area (Å²) in [6, 6.07) is 0.456. The molecule has 3 N–H and O–H groups in total. The van der Waals surface area contributed by atoms with Crippen LogP contribution in [-0.4, -0.2) is 37.7 Å². The maximum absolute atomic E-state index is 11.4. The molecule has 1 aromatic rings. The Balaban J connectivity index is 2.18. The summed E-state index contributed by atoms with van der Waals surface area (Å²) in [7, 11) is -3.69. The predicted octanol–water partition coefficient (Wildman–Crippen LogP) is 0.840. The van der Waals surface area contributed by atoms with E-state index in [1.165, 1.54) is 0 Å². The van der Waals surface area contributed by atoms with Crippen molar-refractivity contribution in [3.05, 3.63) is 5.69 Å². The van der Waals surface area contributed by atoms with E-state index >= 15 is 0 Å². The molecule has 0 aliphatic heterocycles. The van der Waals surface area contributed by atoms with Crippen LogP contribution in [0.4, 0.5) is 5.13 Å². The first-order valence-electron chi connectivity index (χ1n) is 6.31. The number of sulfonamides is 1. The van der Waals surface area contributed by atoms with Gasteiger partial charge in [-0.05, 0) is 32.6 Å². The fraction of sp³-hybridized carbons (Fsp3) is 0.727. The van der Waals surface area contributed by atoms with E-state index in [1.807, 2.05) is 0 Å². The van der Waals surface area contributed by atoms with E-state index in [4.69, 9.17) is 10.2 Å². The molecule has 6 nitrogen and oxygen atoms in total. The monoisotopic (exact) mass is 305 g/mol. The van der Waals surface area contributed by atoms with Crippen LogP contribution in [0.1, 0.15) is 31.4 Å². The van der Waals surface area contributed by atoms with Crippen LogP contribution in [0.25, 0.3) is 0 Å². The normalized spacial score (nSPS) is 15.7. The Bertz CT molecular complexity index is 537. The summed E-state index contributed by atoms with van der Waals surface area (Å²) in [5, 5.41) is 14.7. The summed E-state index contributed by atoms with van der Waals surface area (Å²) in [6.45, 7) is 2.64. The molecular formula is C11H19N3O3S2. The largest absolute Gasteiger partial charge is 0.396 e. The van der Waals surface area contributed by atoms with E-state index in [0.717, 1.165) is 48.7 Å². The molecule has 1 aliphatic carbocycles. The highest BCUT2D eigenvalue weighted by molar-refractivity contribution is 7.91. The molecule has 0 aromatic carbocycles. The number of aliphatic hydroxyl groups is 1. The van der Waals surface area contributed by atoms with Crippen molar-refractivity contribution in [3.8, 4) is 0 Å². The molecule has 8 heteroatoms. The number of nitrogens with two attached hydrogens (primary N) is 1. The molecule has 0 atom stereocenters. The highest BCUT2D eigenvalue weighted by Gasteiger charge is 2.32. The first-order chi connectivity index (χ1) is 8.93. The average molecular weight is 305 g/mol. The molecule has 1 fully saturated rings. The zero-order valence-corrected chi connectivity index (χ0v) is 12.5. The third-order valence-corrected chi connectivity index (χ3v) is 5.79. The third kappa shape index (κ3) is 3.65. The lowest BCUT2D eigenvalue weighted by molar-refractivity contribution is 0.285. The molecule has 0 unspecified atom stereocenters. The van der Waals surface area contributed by atoms with Crippen molar-refractivity contribution >= 4 is 26.5 Å². The van der Waals surface area contributed by atoms with Crippen molar-refractivity contribution in [2.75, 3.05) is 18.1 Å². The van der Waals surface area contributed by atoms with Gasteiger partial charge in [0.15, 0.2) is 9.34 Å². The molecule has 1 aliphatic rings. The number of thiazole rings is 1. The standard InChI is InChI=1S/C11H19N3O3S2/c1-8-10(19(12,16)17)18-11(13-8)14(9-4-5-9)6-2-3-7-15/h9,15H,2-7H2,1H3,(H2,12,16,17). The van der Waals surface area contributed by atoms with E-state index in [1.54, 1.807) is 6.92 Å². The van der Waals surface area contributed by atoms with Gasteiger partial charge in [-0.1, -0.05) is 11.3 Å². The molecule has 0 spiro atoms. The number of aliphatic hydroxyl groups excluding tert-OH is 1. The van der Waals surface area contributed by atoms with Gasteiger partial charge >= 0.3 is 0 Å². The second-order valence-electron chi connectivity index (χ2n) is 4.77. The number of hydrogen-bond acceptors (Lipinski definition) is 6. The summed E-state index contributed by atoms with van der Waals surface area (Å²) in [5.41, 5.74) is 0.468. The second-order valence-corrected chi connectivity index (χ2v) is 7.50. The quantitative estimate of drug-likeness (QED) is 0.728. The Morgan fingerprint density at radius 2 is 2.16 bits per heavy atom. The molecular weight excluding hydrogens is 286 g/mol. The average Bonchev–Trinajstić information content (AvgIpc) is 3.06. The number of aryl methyl sites for hydroxylation is 1. The van der Waals surface area contributed by atoms with Gasteiger partial charge in [-0.15, -0.1) is 0 Å². The van der Waals surface area contributed by atoms with Gasteiger partial charge in [0.1, 0.15) is 0 Å². The van der Waals surface area contributed by atoms with E-state index in [2.05, 4.69) is 9.88 Å². The summed E-state index contributed by atoms with van der Waals surface area (Å²) in [5.74, 6) is 0. The Morgan fingerprint density at radius 1 is 1.47 bits per heavy atom. The Hall–Kier alpha value is -0.700. The molecule has 1 heterocycles. The summed E-state index contributed by atoms with van der Waals surface area (Å²) >= 11 is 1.14. The van der Waals surface area contributed by atoms with Gasteiger partial charge in [0, 0.05) is 19.2 Å². The lowest BCUT2D eigenvalue weighted by Gasteiger charge is -2.21. The van der Waals surface area contributed by atoms with Gasteiger partial charge in [-0.3, -0.25) is 0 Å². The number of unbranched alkanes of at least 4 members (excludes halogenated alkanes) is 1. The molecule has 19 heavy (non-hydrogen) atoms. The van der Waals surface area contributed by atoms with Crippen LogP contribution in [0.5, 0.6) is 0 Å². The minimum atomic E-state index is -3.69. The van der Waals surface area contributed by atoms with E-state index in [-0.39, 0.29) is 10.8 Å². The fourth-order valence-corrected chi connectivity index (χ4v) is 4.02. The number of aromatic nitrogens is 1. The van der Waals surface area contributed by atoms with Crippen molar-refractivity contribution in [1.82, 2.24) is 4.98 Å². The van der Waals surface area contributed by atoms with Crippen LogP contribution in [0.15, 0.2) is 4.21 Å². The fourth-order valence-electron chi connectivity index (χ4n) is 1.97. The molecule has 0 saturated heterocycles. The number of primary sulfonamides is 1. The van der Waals surface area contributed by atoms with Gasteiger partial charge in [-0.2, -0.15) is 0 Å². The Labute approximate surface area is 117 Å². The molecule has 1 saturated carbocycles. The zero-order chi connectivity index (χ0) is 14.0. The number of hydrogen-bond donors (Lipinski definition) is 2. The number of rotatable bonds is 7. The van der Waals surface area contributed by atoms with E-state index < -0.39 is 10.0 Å². The van der Waals surface area contributed by atoms with Crippen LogP contribution in [-0.2, 0) is 10.0 Å². The summed E-state index contributed by atoms with van der Waals surface area (Å²) in [6.07, 6.45) is 3.84.